The number of aliphatic hydroxyl groups excluding tert-OH is 1. The second-order valence-electron chi connectivity index (χ2n) is 14.5. The number of nitrogens with zero attached hydrogens (tertiary/aromatic N) is 8. The van der Waals surface area contributed by atoms with Gasteiger partial charge >= 0.3 is 33.4 Å². The molecule has 4 heterocycles. The van der Waals surface area contributed by atoms with Gasteiger partial charge in [-0.05, 0) is 36.3 Å². The molecular weight excluding hydrogens is 973 g/mol. The molecule has 3 aromatic rings. The maximum absolute atomic E-state index is 13.5. The normalized spacial score (nSPS) is 23.4. The lowest BCUT2D eigenvalue weighted by molar-refractivity contribution is -0.158. The van der Waals surface area contributed by atoms with Crippen LogP contribution in [-0.4, -0.2) is 132 Å². The van der Waals surface area contributed by atoms with Gasteiger partial charge in [-0.15, -0.1) is 0 Å². The molecule has 13 N–H and O–H groups in total. The van der Waals surface area contributed by atoms with Gasteiger partial charge in [-0.3, -0.25) is 22.9 Å². The molecule has 33 heteroatoms. The summed E-state index contributed by atoms with van der Waals surface area (Å²) in [5.74, 6) is -1.21. The largest absolute Gasteiger partial charge is 0.472 e. The lowest BCUT2D eigenvalue weighted by Crippen LogP contribution is -2.46. The number of hydrogen-bond donors (Lipinski definition) is 9. The molecule has 0 saturated carbocycles. The SMILES string of the molecule is CSS[C@@H](CC[C@H](N)C(=O)O[C@H]1[C@@H](O)[C@H](N(C)c2ncnc(N)c2N)O[C@@H]1COP(=O)(O)O[C@H]1C[C@H](n2ccc(N)nc2=O)O[C@@H]1COP(=O)(O)O)CNC(=O)OCc1ccc(N=[N+]=[N-])cc1. The van der Waals surface area contributed by atoms with Gasteiger partial charge in [-0.1, -0.05) is 51.0 Å². The minimum Gasteiger partial charge on any atom is -0.455 e. The molecule has 67 heavy (non-hydrogen) atoms. The maximum Gasteiger partial charge on any atom is 0.472 e. The highest BCUT2D eigenvalue weighted by Crippen LogP contribution is 2.50. The summed E-state index contributed by atoms with van der Waals surface area (Å²) in [6.07, 6.45) is -7.02. The molecule has 2 saturated heterocycles. The van der Waals surface area contributed by atoms with E-state index in [4.69, 9.17) is 56.5 Å². The highest BCUT2D eigenvalue weighted by atomic mass is 33.1. The summed E-state index contributed by atoms with van der Waals surface area (Å²) in [4.78, 5) is 83.6. The van der Waals surface area contributed by atoms with E-state index in [1.54, 1.807) is 24.3 Å². The Balaban J connectivity index is 1.24. The first kappa shape index (κ1) is 53.1. The average molecular weight is 1020 g/mol. The lowest BCUT2D eigenvalue weighted by Gasteiger charge is -2.28. The Morgan fingerprint density at radius 2 is 1.81 bits per heavy atom. The monoisotopic (exact) mass is 1020 g/mol. The number of alkyl carbamates (subject to hydrolysis) is 1. The van der Waals surface area contributed by atoms with Gasteiger partial charge in [0.15, 0.2) is 24.0 Å². The van der Waals surface area contributed by atoms with Crippen LogP contribution in [0.3, 0.4) is 0 Å². The van der Waals surface area contributed by atoms with Gasteiger partial charge in [0.2, 0.25) is 0 Å². The van der Waals surface area contributed by atoms with Gasteiger partial charge in [0.1, 0.15) is 61.1 Å². The fourth-order valence-electron chi connectivity index (χ4n) is 6.57. The Bertz CT molecular complexity index is 2390. The second-order valence-corrected chi connectivity index (χ2v) is 20.0. The molecule has 2 aliphatic heterocycles. The van der Waals surface area contributed by atoms with E-state index in [-0.39, 0.29) is 54.4 Å². The number of aliphatic hydroxyl groups is 1. The van der Waals surface area contributed by atoms with Crippen LogP contribution in [0.2, 0.25) is 0 Å². The zero-order chi connectivity index (χ0) is 49.1. The first-order valence-corrected chi connectivity index (χ1v) is 25.3. The first-order valence-electron chi connectivity index (χ1n) is 19.7. The zero-order valence-corrected chi connectivity index (χ0v) is 38.9. The molecule has 0 aliphatic carbocycles. The van der Waals surface area contributed by atoms with Crippen molar-refractivity contribution in [3.05, 3.63) is 69.3 Å². The van der Waals surface area contributed by atoms with Crippen LogP contribution in [0.4, 0.5) is 33.6 Å². The third kappa shape index (κ3) is 15.3. The first-order chi connectivity index (χ1) is 31.7. The van der Waals surface area contributed by atoms with Crippen LogP contribution in [0, 0.1) is 0 Å². The number of azide groups is 1. The molecule has 368 valence electrons. The lowest BCUT2D eigenvalue weighted by atomic mass is 10.1. The van der Waals surface area contributed by atoms with Gasteiger partial charge in [-0.25, -0.2) is 28.7 Å². The van der Waals surface area contributed by atoms with Crippen LogP contribution in [0.25, 0.3) is 10.4 Å². The number of esters is 1. The van der Waals surface area contributed by atoms with Crippen molar-refractivity contribution in [1.82, 2.24) is 24.8 Å². The van der Waals surface area contributed by atoms with Crippen molar-refractivity contribution in [2.75, 3.05) is 55.2 Å². The number of aromatic nitrogens is 4. The van der Waals surface area contributed by atoms with Gasteiger partial charge in [0.25, 0.3) is 0 Å². The third-order valence-corrected chi connectivity index (χ3v) is 13.6. The molecule has 2 aromatic heterocycles. The Morgan fingerprint density at radius 3 is 2.48 bits per heavy atom. The molecule has 2 aliphatic rings. The number of benzene rings is 1. The quantitative estimate of drug-likeness (QED) is 0.0161. The minimum atomic E-state index is -5.22. The summed E-state index contributed by atoms with van der Waals surface area (Å²) in [6, 6.07) is 6.41. The molecule has 1 amide bonds. The zero-order valence-electron chi connectivity index (χ0n) is 35.5. The number of likely N-dealkylation sites (N-methyl/N-ethyl adjacent to an activating group) is 1. The summed E-state index contributed by atoms with van der Waals surface area (Å²) < 4.78 is 63.9. The number of phosphoric acid groups is 2. The van der Waals surface area contributed by atoms with Crippen molar-refractivity contribution in [2.45, 2.75) is 80.1 Å². The second kappa shape index (κ2) is 24.0. The number of ether oxygens (including phenoxy) is 4. The molecule has 0 bridgehead atoms. The summed E-state index contributed by atoms with van der Waals surface area (Å²) in [5, 5.41) is 17.5. The molecular formula is C34H49N13O16P2S2. The van der Waals surface area contributed by atoms with Crippen LogP contribution < -0.4 is 38.8 Å². The summed E-state index contributed by atoms with van der Waals surface area (Å²) in [7, 11) is -6.08. The van der Waals surface area contributed by atoms with Crippen LogP contribution in [0.5, 0.6) is 0 Å². The van der Waals surface area contributed by atoms with Crippen molar-refractivity contribution in [3.8, 4) is 0 Å². The number of nitrogens with one attached hydrogen (secondary N) is 1. The van der Waals surface area contributed by atoms with E-state index in [1.807, 2.05) is 6.26 Å². The number of rotatable bonds is 23. The molecule has 1 unspecified atom stereocenters. The van der Waals surface area contributed by atoms with E-state index in [0.29, 0.717) is 17.7 Å². The summed E-state index contributed by atoms with van der Waals surface area (Å²) >= 11 is 0. The minimum absolute atomic E-state index is 0.00141. The van der Waals surface area contributed by atoms with E-state index >= 15 is 0 Å². The number of hydrogen-bond acceptors (Lipinski definition) is 24. The van der Waals surface area contributed by atoms with Crippen molar-refractivity contribution < 1.29 is 71.0 Å². The van der Waals surface area contributed by atoms with E-state index in [2.05, 4.69) is 34.8 Å². The van der Waals surface area contributed by atoms with Crippen LogP contribution in [-0.2, 0) is 53.1 Å². The van der Waals surface area contributed by atoms with Gasteiger partial charge in [0, 0.05) is 42.1 Å². The Morgan fingerprint density at radius 1 is 1.09 bits per heavy atom. The van der Waals surface area contributed by atoms with Gasteiger partial charge in [-0.2, -0.15) is 4.98 Å². The third-order valence-electron chi connectivity index (χ3n) is 9.87. The van der Waals surface area contributed by atoms with Gasteiger partial charge in [0.05, 0.1) is 13.2 Å². The molecule has 2 fully saturated rings. The number of phosphoric ester groups is 2. The van der Waals surface area contributed by atoms with E-state index in [0.717, 1.165) is 10.9 Å². The summed E-state index contributed by atoms with van der Waals surface area (Å²) in [5.41, 5.74) is 32.5. The van der Waals surface area contributed by atoms with Crippen molar-refractivity contribution >= 4 is 78.1 Å². The molecule has 10 atom stereocenters. The molecule has 0 spiro atoms. The number of carbonyl (C=O) groups excluding carboxylic acids is 2. The average Bonchev–Trinajstić information content (AvgIpc) is 3.81. The fraction of sp³-hybridized carbons (Fsp3) is 0.529. The number of anilines is 4. The van der Waals surface area contributed by atoms with Crippen LogP contribution >= 0.6 is 37.2 Å². The Kier molecular flexibility index (Phi) is 19.0. The topological polar surface area (TPSA) is 443 Å². The predicted octanol–water partition coefficient (Wildman–Crippen LogP) is 1.17. The molecule has 1 aromatic carbocycles. The van der Waals surface area contributed by atoms with E-state index in [9.17, 15) is 43.3 Å². The highest BCUT2D eigenvalue weighted by molar-refractivity contribution is 8.76. The smallest absolute Gasteiger partial charge is 0.455 e. The Hall–Kier alpha value is -4.81. The van der Waals surface area contributed by atoms with Crippen molar-refractivity contribution in [1.29, 1.82) is 0 Å². The number of amides is 1. The van der Waals surface area contributed by atoms with Crippen molar-refractivity contribution in [3.63, 3.8) is 0 Å². The number of nitrogens with two attached hydrogens (primary N) is 4. The number of nitrogen functional groups attached to an aromatic ring is 3. The fourth-order valence-corrected chi connectivity index (χ4v) is 9.84. The van der Waals surface area contributed by atoms with E-state index < -0.39 is 95.6 Å². The predicted molar refractivity (Wildman–Crippen MR) is 239 cm³/mol. The highest BCUT2D eigenvalue weighted by Gasteiger charge is 2.51. The summed E-state index contributed by atoms with van der Waals surface area (Å²) in [6.45, 7) is -1.67. The Labute approximate surface area is 388 Å². The standard InChI is InChI=1S/C34H49N13O16P2S2/c1-46(30-26(37)29(38)41-16-42-30)31-27(48)28(62-32(49)20(35)8-7-19(67-66-2)12-40-34(51)57-13-17-3-5-18(6-4-17)44-45-39)23(61-31)15-59-65(55,56)63-21-11-25(47-10-9-24(36)43-33(47)50)60-22(21)14-58-64(52,53)54/h3-6,9-10,16,19-23,25,27-28,31,48H,7-8,11-15,35,37H2,1-2H3,(H,40,51)(H,55,56)(H2,36,43,50)(H2,38,41,42)(H2,52,53,54)/t19-,20-,21-,22+,23+,25+,27+,28+,31+/m0/s1. The van der Waals surface area contributed by atoms with Crippen molar-refractivity contribution in [2.24, 2.45) is 10.8 Å². The van der Waals surface area contributed by atoms with E-state index in [1.165, 1.54) is 45.8 Å². The molecule has 29 nitrogen and oxygen atoms in total. The van der Waals surface area contributed by atoms with Gasteiger partial charge < -0.3 is 71.9 Å². The maximum atomic E-state index is 13.5. The molecule has 0 radical (unpaired) electrons. The number of carbonyl (C=O) groups is 2. The van der Waals surface area contributed by atoms with Crippen LogP contribution in [0.1, 0.15) is 31.1 Å². The van der Waals surface area contributed by atoms with Crippen LogP contribution in [0.15, 0.2) is 52.8 Å². The molecule has 5 rings (SSSR count).